The molecule has 0 aliphatic rings. The number of unbranched alkanes of at least 4 members (excludes halogenated alkanes) is 12. The molecular weight excluding hydrogens is 627 g/mol. The first kappa shape index (κ1) is 46.9. The van der Waals surface area contributed by atoms with E-state index in [-0.39, 0.29) is 24.8 Å². The predicted molar refractivity (Wildman–Crippen MR) is 206 cm³/mol. The molecule has 0 saturated heterocycles. The second kappa shape index (κ2) is 28.6. The molecule has 0 fully saturated rings. The fourth-order valence-electron chi connectivity index (χ4n) is 7.71. The molecule has 0 spiro atoms. The van der Waals surface area contributed by atoms with Crippen molar-refractivity contribution >= 4 is 0 Å². The monoisotopic (exact) mass is 705 g/mol. The first-order chi connectivity index (χ1) is 22.5. The van der Waals surface area contributed by atoms with Gasteiger partial charge in [-0.3, -0.25) is 0 Å². The Labute approximate surface area is 312 Å². The molecular formula is C44H78Cl2N2. The van der Waals surface area contributed by atoms with Crippen molar-refractivity contribution < 1.29 is 33.8 Å². The van der Waals surface area contributed by atoms with E-state index in [1.165, 1.54) is 199 Å². The van der Waals surface area contributed by atoms with Gasteiger partial charge in [-0.1, -0.05) is 129 Å². The van der Waals surface area contributed by atoms with Crippen LogP contribution in [0.3, 0.4) is 0 Å². The third-order valence-corrected chi connectivity index (χ3v) is 10.7. The zero-order chi connectivity index (χ0) is 33.4. The fourth-order valence-corrected chi connectivity index (χ4v) is 7.71. The summed E-state index contributed by atoms with van der Waals surface area (Å²) >= 11 is 0. The van der Waals surface area contributed by atoms with Crippen LogP contribution in [0.1, 0.15) is 168 Å². The van der Waals surface area contributed by atoms with Crippen molar-refractivity contribution in [1.82, 2.24) is 0 Å². The lowest BCUT2D eigenvalue weighted by Gasteiger charge is -2.39. The van der Waals surface area contributed by atoms with Gasteiger partial charge in [0.25, 0.3) is 0 Å². The minimum Gasteiger partial charge on any atom is -1.00 e. The Morgan fingerprint density at radius 2 is 0.521 bits per heavy atom. The molecule has 0 amide bonds. The molecule has 2 rings (SSSR count). The Morgan fingerprint density at radius 1 is 0.312 bits per heavy atom. The largest absolute Gasteiger partial charge is 1.00 e. The zero-order valence-electron chi connectivity index (χ0n) is 32.7. The Bertz CT molecular complexity index is 853. The SMILES string of the molecule is CCCCC[N+](CCCCC)(CCCCC)Cc1ccc(-c2ccc(C[N+](CCCCC)(CCCCC)CCCCC)cc2)cc1.[Cl-].[Cl-]. The Morgan fingerprint density at radius 3 is 0.708 bits per heavy atom. The van der Waals surface area contributed by atoms with Crippen LogP contribution in [0.5, 0.6) is 0 Å². The van der Waals surface area contributed by atoms with Crippen molar-refractivity contribution in [3.63, 3.8) is 0 Å². The number of nitrogens with zero attached hydrogens (tertiary/aromatic N) is 2. The fraction of sp³-hybridized carbons (Fsp3) is 0.727. The van der Waals surface area contributed by atoms with E-state index in [0.717, 1.165) is 0 Å². The molecule has 0 saturated carbocycles. The minimum absolute atomic E-state index is 0. The van der Waals surface area contributed by atoms with Crippen LogP contribution in [-0.4, -0.2) is 48.2 Å². The lowest BCUT2D eigenvalue weighted by Crippen LogP contribution is -3.00. The molecule has 0 aliphatic heterocycles. The summed E-state index contributed by atoms with van der Waals surface area (Å²) in [7, 11) is 0. The van der Waals surface area contributed by atoms with Crippen LogP contribution in [-0.2, 0) is 13.1 Å². The second-order valence-electron chi connectivity index (χ2n) is 15.0. The topological polar surface area (TPSA) is 0 Å². The molecule has 0 bridgehead atoms. The highest BCUT2D eigenvalue weighted by atomic mass is 35.5. The Hall–Kier alpha value is -1.06. The van der Waals surface area contributed by atoms with E-state index < -0.39 is 0 Å². The quantitative estimate of drug-likeness (QED) is 0.0624. The van der Waals surface area contributed by atoms with Gasteiger partial charge in [-0.15, -0.1) is 0 Å². The molecule has 0 aromatic heterocycles. The van der Waals surface area contributed by atoms with E-state index in [1.54, 1.807) is 0 Å². The number of quaternary nitrogens is 2. The highest BCUT2D eigenvalue weighted by Gasteiger charge is 2.28. The summed E-state index contributed by atoms with van der Waals surface area (Å²) in [6.45, 7) is 24.6. The van der Waals surface area contributed by atoms with Crippen LogP contribution >= 0.6 is 0 Å². The van der Waals surface area contributed by atoms with Gasteiger partial charge < -0.3 is 33.8 Å². The third kappa shape index (κ3) is 18.3. The molecule has 0 N–H and O–H groups in total. The summed E-state index contributed by atoms with van der Waals surface area (Å²) < 4.78 is 2.59. The Kier molecular flexibility index (Phi) is 28.0. The van der Waals surface area contributed by atoms with Crippen molar-refractivity contribution in [1.29, 1.82) is 0 Å². The number of hydrogen-bond acceptors (Lipinski definition) is 0. The van der Waals surface area contributed by atoms with E-state index in [1.807, 2.05) is 0 Å². The first-order valence-electron chi connectivity index (χ1n) is 20.4. The van der Waals surface area contributed by atoms with Gasteiger partial charge in [0.05, 0.1) is 39.3 Å². The van der Waals surface area contributed by atoms with Crippen LogP contribution < -0.4 is 24.8 Å². The van der Waals surface area contributed by atoms with Gasteiger partial charge in [0.15, 0.2) is 0 Å². The average molecular weight is 706 g/mol. The van der Waals surface area contributed by atoms with Gasteiger partial charge in [0.2, 0.25) is 0 Å². The van der Waals surface area contributed by atoms with Crippen LogP contribution in [0.15, 0.2) is 48.5 Å². The van der Waals surface area contributed by atoms with Crippen LogP contribution in [0.25, 0.3) is 11.1 Å². The maximum absolute atomic E-state index is 2.45. The normalized spacial score (nSPS) is 11.7. The van der Waals surface area contributed by atoms with Gasteiger partial charge in [-0.05, 0) is 88.2 Å². The minimum atomic E-state index is 0. The molecule has 0 heterocycles. The molecule has 2 nitrogen and oxygen atoms in total. The van der Waals surface area contributed by atoms with E-state index in [0.29, 0.717) is 0 Å². The van der Waals surface area contributed by atoms with E-state index >= 15 is 0 Å². The lowest BCUT2D eigenvalue weighted by atomic mass is 10.0. The molecule has 2 aromatic rings. The number of rotatable bonds is 29. The van der Waals surface area contributed by atoms with E-state index in [9.17, 15) is 0 Å². The molecule has 2 aromatic carbocycles. The molecule has 4 heteroatoms. The van der Waals surface area contributed by atoms with Crippen molar-refractivity contribution in [2.75, 3.05) is 39.3 Å². The maximum Gasteiger partial charge on any atom is 0.104 e. The van der Waals surface area contributed by atoms with Crippen molar-refractivity contribution in [3.05, 3.63) is 59.7 Å². The summed E-state index contributed by atoms with van der Waals surface area (Å²) in [6, 6.07) is 19.4. The van der Waals surface area contributed by atoms with Gasteiger partial charge >= 0.3 is 0 Å². The summed E-state index contributed by atoms with van der Waals surface area (Å²) in [5, 5.41) is 0. The molecule has 278 valence electrons. The molecule has 0 radical (unpaired) electrons. The number of hydrogen-bond donors (Lipinski definition) is 0. The van der Waals surface area contributed by atoms with Gasteiger partial charge in [-0.25, -0.2) is 0 Å². The molecule has 0 aliphatic carbocycles. The number of benzene rings is 2. The van der Waals surface area contributed by atoms with Gasteiger partial charge in [0, 0.05) is 11.1 Å². The van der Waals surface area contributed by atoms with Crippen molar-refractivity contribution in [3.8, 4) is 11.1 Å². The Balaban J connectivity index is 0.0000110. The predicted octanol–water partition coefficient (Wildman–Crippen LogP) is 7.14. The van der Waals surface area contributed by atoms with Gasteiger partial charge in [-0.2, -0.15) is 0 Å². The van der Waals surface area contributed by atoms with Crippen molar-refractivity contribution in [2.45, 2.75) is 170 Å². The van der Waals surface area contributed by atoms with Gasteiger partial charge in [0.1, 0.15) is 13.1 Å². The molecule has 0 atom stereocenters. The maximum atomic E-state index is 2.45. The lowest BCUT2D eigenvalue weighted by molar-refractivity contribution is -0.941. The molecule has 48 heavy (non-hydrogen) atoms. The highest BCUT2D eigenvalue weighted by Crippen LogP contribution is 2.27. The van der Waals surface area contributed by atoms with Crippen molar-refractivity contribution in [2.24, 2.45) is 0 Å². The summed E-state index contributed by atoms with van der Waals surface area (Å²) in [5.41, 5.74) is 5.79. The van der Waals surface area contributed by atoms with E-state index in [2.05, 4.69) is 90.1 Å². The molecule has 0 unspecified atom stereocenters. The van der Waals surface area contributed by atoms with Crippen LogP contribution in [0, 0.1) is 0 Å². The highest BCUT2D eigenvalue weighted by molar-refractivity contribution is 5.63. The van der Waals surface area contributed by atoms with Crippen LogP contribution in [0.4, 0.5) is 0 Å². The standard InChI is InChI=1S/C44H78N2.2ClH/c1-7-13-19-33-45(34-20-14-8-2,35-21-15-9-3)39-41-25-29-43(30-26-41)44-31-27-42(28-32-44)40-46(36-22-16-10-4,37-23-17-11-5)38-24-18-12-6;;/h25-32H,7-24,33-40H2,1-6H3;2*1H/q+2;;/p-2. The summed E-state index contributed by atoms with van der Waals surface area (Å²) in [6.07, 6.45) is 24.3. The second-order valence-corrected chi connectivity index (χ2v) is 15.0. The zero-order valence-corrected chi connectivity index (χ0v) is 34.2. The summed E-state index contributed by atoms with van der Waals surface area (Å²) in [5.74, 6) is 0. The summed E-state index contributed by atoms with van der Waals surface area (Å²) in [4.78, 5) is 0. The smallest absolute Gasteiger partial charge is 0.104 e. The average Bonchev–Trinajstić information content (AvgIpc) is 3.06. The first-order valence-corrected chi connectivity index (χ1v) is 20.4. The van der Waals surface area contributed by atoms with Crippen LogP contribution in [0.2, 0.25) is 0 Å². The van der Waals surface area contributed by atoms with E-state index in [4.69, 9.17) is 0 Å². The number of halogens is 2. The third-order valence-electron chi connectivity index (χ3n) is 10.7.